The lowest BCUT2D eigenvalue weighted by Gasteiger charge is -2.21. The fourth-order valence-corrected chi connectivity index (χ4v) is 0.839. The van der Waals surface area contributed by atoms with E-state index in [-0.39, 0.29) is 0 Å². The third kappa shape index (κ3) is 2.24. The minimum absolute atomic E-state index is 0.362. The van der Waals surface area contributed by atoms with Gasteiger partial charge in [0.25, 0.3) is 0 Å². The number of aromatic nitrogens is 2. The van der Waals surface area contributed by atoms with Crippen LogP contribution in [-0.4, -0.2) is 29.3 Å². The highest BCUT2D eigenvalue weighted by Gasteiger charge is 2.05. The Kier molecular flexibility index (Phi) is 2.95. The number of carbonyl (C=O) groups is 1. The lowest BCUT2D eigenvalue weighted by atomic mass is 10.3. The van der Waals surface area contributed by atoms with Crippen molar-refractivity contribution in [2.45, 2.75) is 19.9 Å². The summed E-state index contributed by atoms with van der Waals surface area (Å²) in [6.07, 6.45) is 3.76. The predicted octanol–water partition coefficient (Wildman–Crippen LogP) is 1.13. The van der Waals surface area contributed by atoms with E-state index in [1.54, 1.807) is 6.20 Å². The van der Waals surface area contributed by atoms with Gasteiger partial charge in [0, 0.05) is 13.1 Å². The molecule has 0 aliphatic rings. The van der Waals surface area contributed by atoms with E-state index in [0.717, 1.165) is 5.82 Å². The molecule has 1 aromatic heterocycles. The van der Waals surface area contributed by atoms with Crippen LogP contribution in [-0.2, 0) is 0 Å². The van der Waals surface area contributed by atoms with E-state index in [0.29, 0.717) is 18.0 Å². The maximum Gasteiger partial charge on any atom is 0.170 e. The molecular weight excluding hydrogens is 166 g/mol. The number of aldehydes is 1. The summed E-state index contributed by atoms with van der Waals surface area (Å²) >= 11 is 0. The predicted molar refractivity (Wildman–Crippen MR) is 51.0 cm³/mol. The van der Waals surface area contributed by atoms with Crippen molar-refractivity contribution in [3.05, 3.63) is 18.1 Å². The molecule has 0 saturated heterocycles. The number of nitrogens with zero attached hydrogens (tertiary/aromatic N) is 3. The quantitative estimate of drug-likeness (QED) is 0.652. The summed E-state index contributed by atoms with van der Waals surface area (Å²) in [5.74, 6) is 0.778. The highest BCUT2D eigenvalue weighted by molar-refractivity contribution is 5.71. The zero-order chi connectivity index (χ0) is 9.84. The second-order valence-corrected chi connectivity index (χ2v) is 3.12. The standard InChI is InChI=1S/C9H13N3O/c1-7(2)12(3)9-5-10-8(6-13)4-11-9/h4-7H,1-3H3. The number of rotatable bonds is 3. The highest BCUT2D eigenvalue weighted by atomic mass is 16.1. The normalized spacial score (nSPS) is 10.2. The molecule has 4 nitrogen and oxygen atoms in total. The number of hydrogen-bond acceptors (Lipinski definition) is 4. The fraction of sp³-hybridized carbons (Fsp3) is 0.444. The van der Waals surface area contributed by atoms with Gasteiger partial charge in [-0.25, -0.2) is 9.97 Å². The molecule has 1 aromatic rings. The molecule has 0 fully saturated rings. The van der Waals surface area contributed by atoms with Crippen molar-refractivity contribution in [2.24, 2.45) is 0 Å². The van der Waals surface area contributed by atoms with Gasteiger partial charge in [0.2, 0.25) is 0 Å². The molecule has 1 heterocycles. The Morgan fingerprint density at radius 3 is 2.46 bits per heavy atom. The van der Waals surface area contributed by atoms with Crippen molar-refractivity contribution in [3.8, 4) is 0 Å². The maximum absolute atomic E-state index is 10.3. The van der Waals surface area contributed by atoms with Gasteiger partial charge >= 0.3 is 0 Å². The van der Waals surface area contributed by atoms with E-state index in [9.17, 15) is 4.79 Å². The molecular formula is C9H13N3O. The van der Waals surface area contributed by atoms with Crippen molar-refractivity contribution in [1.29, 1.82) is 0 Å². The first-order chi connectivity index (χ1) is 6.15. The first-order valence-electron chi connectivity index (χ1n) is 4.15. The average Bonchev–Trinajstić information content (AvgIpc) is 2.17. The molecule has 0 amide bonds. The summed E-state index contributed by atoms with van der Waals surface area (Å²) in [7, 11) is 1.94. The molecule has 4 heteroatoms. The minimum atomic E-state index is 0.362. The Morgan fingerprint density at radius 2 is 2.08 bits per heavy atom. The molecule has 0 bridgehead atoms. The Hall–Kier alpha value is -1.45. The van der Waals surface area contributed by atoms with Gasteiger partial charge in [-0.2, -0.15) is 0 Å². The van der Waals surface area contributed by atoms with Crippen LogP contribution in [0.5, 0.6) is 0 Å². The van der Waals surface area contributed by atoms with Gasteiger partial charge in [-0.1, -0.05) is 0 Å². The van der Waals surface area contributed by atoms with Crippen LogP contribution in [0.25, 0.3) is 0 Å². The number of anilines is 1. The van der Waals surface area contributed by atoms with E-state index >= 15 is 0 Å². The smallest absolute Gasteiger partial charge is 0.170 e. The number of hydrogen-bond donors (Lipinski definition) is 0. The monoisotopic (exact) mass is 179 g/mol. The summed E-state index contributed by atoms with van der Waals surface area (Å²) in [6, 6.07) is 0.372. The molecule has 0 spiro atoms. The van der Waals surface area contributed by atoms with Gasteiger partial charge in [0.15, 0.2) is 6.29 Å². The summed E-state index contributed by atoms with van der Waals surface area (Å²) < 4.78 is 0. The zero-order valence-electron chi connectivity index (χ0n) is 8.06. The van der Waals surface area contributed by atoms with Crippen LogP contribution in [0.2, 0.25) is 0 Å². The van der Waals surface area contributed by atoms with Crippen LogP contribution in [0.15, 0.2) is 12.4 Å². The van der Waals surface area contributed by atoms with Crippen LogP contribution >= 0.6 is 0 Å². The van der Waals surface area contributed by atoms with E-state index < -0.39 is 0 Å². The van der Waals surface area contributed by atoms with Gasteiger partial charge in [-0.05, 0) is 13.8 Å². The molecule has 0 aliphatic carbocycles. The lowest BCUT2D eigenvalue weighted by molar-refractivity contribution is 0.111. The summed E-state index contributed by atoms with van der Waals surface area (Å²) in [5.41, 5.74) is 0.362. The Morgan fingerprint density at radius 1 is 1.38 bits per heavy atom. The van der Waals surface area contributed by atoms with Gasteiger partial charge < -0.3 is 4.90 Å². The van der Waals surface area contributed by atoms with Gasteiger partial charge in [0.1, 0.15) is 11.5 Å². The topological polar surface area (TPSA) is 46.1 Å². The van der Waals surface area contributed by atoms with Crippen LogP contribution in [0.4, 0.5) is 5.82 Å². The molecule has 0 radical (unpaired) electrons. The highest BCUT2D eigenvalue weighted by Crippen LogP contribution is 2.08. The Balaban J connectivity index is 2.85. The first-order valence-corrected chi connectivity index (χ1v) is 4.15. The third-order valence-corrected chi connectivity index (χ3v) is 1.91. The summed E-state index contributed by atoms with van der Waals surface area (Å²) in [6.45, 7) is 4.13. The maximum atomic E-state index is 10.3. The molecule has 0 unspecified atom stereocenters. The Labute approximate surface area is 77.6 Å². The zero-order valence-corrected chi connectivity index (χ0v) is 8.06. The molecule has 0 atom stereocenters. The van der Waals surface area contributed by atoms with Crippen LogP contribution in [0.3, 0.4) is 0 Å². The summed E-state index contributed by atoms with van der Waals surface area (Å²) in [4.78, 5) is 20.3. The second-order valence-electron chi connectivity index (χ2n) is 3.12. The van der Waals surface area contributed by atoms with Crippen molar-refractivity contribution in [3.63, 3.8) is 0 Å². The largest absolute Gasteiger partial charge is 0.356 e. The van der Waals surface area contributed by atoms with Crippen molar-refractivity contribution >= 4 is 12.1 Å². The number of carbonyl (C=O) groups excluding carboxylic acids is 1. The van der Waals surface area contributed by atoms with Gasteiger partial charge in [-0.3, -0.25) is 4.79 Å². The fourth-order valence-electron chi connectivity index (χ4n) is 0.839. The molecule has 70 valence electrons. The SMILES string of the molecule is CC(C)N(C)c1cnc(C=O)cn1. The van der Waals surface area contributed by atoms with E-state index in [2.05, 4.69) is 23.8 Å². The summed E-state index contributed by atoms with van der Waals surface area (Å²) in [5, 5.41) is 0. The van der Waals surface area contributed by atoms with Crippen molar-refractivity contribution in [1.82, 2.24) is 9.97 Å². The molecule has 1 rings (SSSR count). The molecule has 13 heavy (non-hydrogen) atoms. The van der Waals surface area contributed by atoms with E-state index in [1.165, 1.54) is 6.20 Å². The molecule has 0 N–H and O–H groups in total. The third-order valence-electron chi connectivity index (χ3n) is 1.91. The average molecular weight is 179 g/mol. The Bertz CT molecular complexity index is 281. The first kappa shape index (κ1) is 9.64. The molecule has 0 aromatic carbocycles. The van der Waals surface area contributed by atoms with Crippen LogP contribution in [0, 0.1) is 0 Å². The van der Waals surface area contributed by atoms with Crippen LogP contribution in [0.1, 0.15) is 24.3 Å². The molecule has 0 saturated carbocycles. The van der Waals surface area contributed by atoms with Crippen molar-refractivity contribution in [2.75, 3.05) is 11.9 Å². The molecule has 0 aliphatic heterocycles. The lowest BCUT2D eigenvalue weighted by Crippen LogP contribution is -2.26. The minimum Gasteiger partial charge on any atom is -0.356 e. The van der Waals surface area contributed by atoms with E-state index in [4.69, 9.17) is 0 Å². The second kappa shape index (κ2) is 3.98. The van der Waals surface area contributed by atoms with Gasteiger partial charge in [0.05, 0.1) is 12.4 Å². The van der Waals surface area contributed by atoms with E-state index in [1.807, 2.05) is 11.9 Å². The van der Waals surface area contributed by atoms with Gasteiger partial charge in [-0.15, -0.1) is 0 Å². The van der Waals surface area contributed by atoms with Crippen molar-refractivity contribution < 1.29 is 4.79 Å². The van der Waals surface area contributed by atoms with Crippen LogP contribution < -0.4 is 4.90 Å².